The maximum Gasteiger partial charge on any atom is 0.410 e. The van der Waals surface area contributed by atoms with E-state index in [4.69, 9.17) is 14.2 Å². The van der Waals surface area contributed by atoms with Crippen LogP contribution in [0, 0.1) is 0 Å². The Morgan fingerprint density at radius 1 is 1.26 bits per heavy atom. The number of amides is 1. The average molecular weight is 263 g/mol. The Balaban J connectivity index is 1.84. The Hall–Kier alpha value is -1.91. The Morgan fingerprint density at radius 3 is 2.68 bits per heavy atom. The first-order chi connectivity index (χ1) is 9.22. The molecule has 0 N–H and O–H groups in total. The summed E-state index contributed by atoms with van der Waals surface area (Å²) in [6.45, 7) is 0.603. The number of hydrogen-bond donors (Lipinski definition) is 0. The van der Waals surface area contributed by atoms with Crippen molar-refractivity contribution in [3.63, 3.8) is 0 Å². The van der Waals surface area contributed by atoms with E-state index >= 15 is 0 Å². The molecule has 1 saturated carbocycles. The van der Waals surface area contributed by atoms with Crippen LogP contribution in [0.3, 0.4) is 0 Å². The summed E-state index contributed by atoms with van der Waals surface area (Å²) in [5.74, 6) is 1.42. The zero-order valence-electron chi connectivity index (χ0n) is 11.1. The molecule has 5 heteroatoms. The molecule has 2 fully saturated rings. The Kier molecular flexibility index (Phi) is 2.97. The zero-order valence-corrected chi connectivity index (χ0v) is 11.1. The summed E-state index contributed by atoms with van der Waals surface area (Å²) in [6.07, 6.45) is 1.70. The van der Waals surface area contributed by atoms with E-state index in [2.05, 4.69) is 0 Å². The molecule has 1 atom stereocenters. The van der Waals surface area contributed by atoms with Crippen LogP contribution in [0.2, 0.25) is 0 Å². The summed E-state index contributed by atoms with van der Waals surface area (Å²) in [5, 5.41) is 0. The van der Waals surface area contributed by atoms with E-state index in [1.807, 2.05) is 23.1 Å². The van der Waals surface area contributed by atoms with Gasteiger partial charge in [0, 0.05) is 17.7 Å². The normalized spacial score (nSPS) is 22.3. The van der Waals surface area contributed by atoms with Crippen LogP contribution in [0.5, 0.6) is 11.5 Å². The van der Waals surface area contributed by atoms with E-state index in [1.54, 1.807) is 14.2 Å². The predicted octanol–water partition coefficient (Wildman–Crippen LogP) is 2.36. The molecule has 19 heavy (non-hydrogen) atoms. The summed E-state index contributed by atoms with van der Waals surface area (Å²) in [4.78, 5) is 13.6. The molecule has 0 radical (unpaired) electrons. The number of hydrogen-bond acceptors (Lipinski definition) is 4. The molecule has 1 aliphatic heterocycles. The molecule has 1 aromatic rings. The van der Waals surface area contributed by atoms with E-state index in [0.29, 0.717) is 18.3 Å². The molecule has 2 aliphatic rings. The highest BCUT2D eigenvalue weighted by atomic mass is 16.6. The predicted molar refractivity (Wildman–Crippen MR) is 68.5 cm³/mol. The van der Waals surface area contributed by atoms with Crippen LogP contribution < -0.4 is 9.47 Å². The van der Waals surface area contributed by atoms with Gasteiger partial charge < -0.3 is 19.1 Å². The molecule has 0 aromatic heterocycles. The summed E-state index contributed by atoms with van der Waals surface area (Å²) in [5.41, 5.74) is 0.889. The third-order valence-corrected chi connectivity index (χ3v) is 3.62. The Morgan fingerprint density at radius 2 is 2.05 bits per heavy atom. The van der Waals surface area contributed by atoms with Crippen LogP contribution in [0.4, 0.5) is 4.79 Å². The van der Waals surface area contributed by atoms with Gasteiger partial charge in [-0.15, -0.1) is 0 Å². The second kappa shape index (κ2) is 4.64. The van der Waals surface area contributed by atoms with Crippen molar-refractivity contribution in [3.8, 4) is 11.5 Å². The number of rotatable bonds is 4. The fourth-order valence-corrected chi connectivity index (χ4v) is 2.41. The van der Waals surface area contributed by atoms with Crippen molar-refractivity contribution >= 4 is 6.09 Å². The van der Waals surface area contributed by atoms with Gasteiger partial charge in [-0.05, 0) is 25.0 Å². The number of ether oxygens (including phenoxy) is 3. The summed E-state index contributed by atoms with van der Waals surface area (Å²) < 4.78 is 16.0. The first-order valence-electron chi connectivity index (χ1n) is 6.42. The molecule has 1 heterocycles. The second-order valence-electron chi connectivity index (χ2n) is 4.86. The first-order valence-corrected chi connectivity index (χ1v) is 6.42. The van der Waals surface area contributed by atoms with Gasteiger partial charge in [0.15, 0.2) is 0 Å². The fourth-order valence-electron chi connectivity index (χ4n) is 2.41. The van der Waals surface area contributed by atoms with Crippen LogP contribution in [-0.4, -0.2) is 37.8 Å². The lowest BCUT2D eigenvalue weighted by atomic mass is 10.1. The van der Waals surface area contributed by atoms with E-state index in [-0.39, 0.29) is 12.2 Å². The van der Waals surface area contributed by atoms with Gasteiger partial charge in [-0.3, -0.25) is 0 Å². The fraction of sp³-hybridized carbons (Fsp3) is 0.500. The Bertz CT molecular complexity index is 498. The largest absolute Gasteiger partial charge is 0.497 e. The average Bonchev–Trinajstić information content (AvgIpc) is 3.21. The maximum atomic E-state index is 11.8. The standard InChI is InChI=1S/C14H17NO4/c1-17-10-5-6-11(12(7-10)18-2)13-8-15(9-3-4-9)14(16)19-13/h5-7,9,13H,3-4,8H2,1-2H3. The molecule has 0 spiro atoms. The lowest BCUT2D eigenvalue weighted by Crippen LogP contribution is -2.26. The number of carbonyl (C=O) groups excluding carboxylic acids is 1. The molecule has 1 saturated heterocycles. The molecule has 1 unspecified atom stereocenters. The topological polar surface area (TPSA) is 48.0 Å². The van der Waals surface area contributed by atoms with E-state index in [0.717, 1.165) is 24.2 Å². The van der Waals surface area contributed by atoms with Crippen LogP contribution >= 0.6 is 0 Å². The van der Waals surface area contributed by atoms with Crippen LogP contribution in [0.25, 0.3) is 0 Å². The monoisotopic (exact) mass is 263 g/mol. The van der Waals surface area contributed by atoms with Gasteiger partial charge in [-0.1, -0.05) is 0 Å². The van der Waals surface area contributed by atoms with Crippen molar-refractivity contribution in [1.82, 2.24) is 4.90 Å². The lowest BCUT2D eigenvalue weighted by Gasteiger charge is -2.14. The van der Waals surface area contributed by atoms with E-state index in [9.17, 15) is 4.79 Å². The van der Waals surface area contributed by atoms with Crippen molar-refractivity contribution in [2.45, 2.75) is 25.0 Å². The Labute approximate surface area is 112 Å². The smallest absolute Gasteiger partial charge is 0.410 e. The minimum Gasteiger partial charge on any atom is -0.497 e. The van der Waals surface area contributed by atoms with Gasteiger partial charge in [-0.25, -0.2) is 4.79 Å². The van der Waals surface area contributed by atoms with Gasteiger partial charge in [0.05, 0.1) is 20.8 Å². The first kappa shape index (κ1) is 12.1. The minimum absolute atomic E-state index is 0.217. The summed E-state index contributed by atoms with van der Waals surface area (Å²) in [6, 6.07) is 5.93. The highest BCUT2D eigenvalue weighted by Gasteiger charge is 2.42. The van der Waals surface area contributed by atoms with Gasteiger partial charge >= 0.3 is 6.09 Å². The van der Waals surface area contributed by atoms with Crippen LogP contribution in [-0.2, 0) is 4.74 Å². The van der Waals surface area contributed by atoms with Gasteiger partial charge in [0.25, 0.3) is 0 Å². The zero-order chi connectivity index (χ0) is 13.4. The van der Waals surface area contributed by atoms with Crippen LogP contribution in [0.1, 0.15) is 24.5 Å². The van der Waals surface area contributed by atoms with Crippen molar-refractivity contribution in [3.05, 3.63) is 23.8 Å². The molecule has 102 valence electrons. The maximum absolute atomic E-state index is 11.8. The third kappa shape index (κ3) is 2.20. The SMILES string of the molecule is COc1ccc(C2CN(C3CC3)C(=O)O2)c(OC)c1. The molecule has 5 nitrogen and oxygen atoms in total. The molecule has 1 aromatic carbocycles. The molecule has 0 bridgehead atoms. The third-order valence-electron chi connectivity index (χ3n) is 3.62. The molecule has 3 rings (SSSR count). The number of carbonyl (C=O) groups is 1. The second-order valence-corrected chi connectivity index (χ2v) is 4.86. The van der Waals surface area contributed by atoms with E-state index in [1.165, 1.54) is 0 Å². The van der Waals surface area contributed by atoms with E-state index < -0.39 is 0 Å². The molecular formula is C14H17NO4. The van der Waals surface area contributed by atoms with Gasteiger partial charge in [0.2, 0.25) is 0 Å². The molecular weight excluding hydrogens is 246 g/mol. The van der Waals surface area contributed by atoms with Crippen LogP contribution in [0.15, 0.2) is 18.2 Å². The quantitative estimate of drug-likeness (QED) is 0.836. The van der Waals surface area contributed by atoms with Gasteiger partial charge in [0.1, 0.15) is 17.6 Å². The molecule has 1 aliphatic carbocycles. The molecule has 1 amide bonds. The number of methoxy groups -OCH3 is 2. The summed E-state index contributed by atoms with van der Waals surface area (Å²) >= 11 is 0. The number of benzene rings is 1. The van der Waals surface area contributed by atoms with Crippen molar-refractivity contribution in [1.29, 1.82) is 0 Å². The highest BCUT2D eigenvalue weighted by Crippen LogP contribution is 2.39. The number of cyclic esters (lactones) is 1. The minimum atomic E-state index is -0.256. The number of nitrogens with zero attached hydrogens (tertiary/aromatic N) is 1. The van der Waals surface area contributed by atoms with Crippen molar-refractivity contribution in [2.24, 2.45) is 0 Å². The summed E-state index contributed by atoms with van der Waals surface area (Å²) in [7, 11) is 3.21. The van der Waals surface area contributed by atoms with Gasteiger partial charge in [-0.2, -0.15) is 0 Å². The van der Waals surface area contributed by atoms with Crippen molar-refractivity contribution < 1.29 is 19.0 Å². The lowest BCUT2D eigenvalue weighted by molar-refractivity contribution is 0.131. The van der Waals surface area contributed by atoms with Crippen molar-refractivity contribution in [2.75, 3.05) is 20.8 Å². The highest BCUT2D eigenvalue weighted by molar-refractivity contribution is 5.71.